The summed E-state index contributed by atoms with van der Waals surface area (Å²) in [4.78, 5) is 0. The van der Waals surface area contributed by atoms with Crippen molar-refractivity contribution in [1.82, 2.24) is 35.2 Å². The number of benzene rings is 1. The second kappa shape index (κ2) is 6.00. The molecule has 1 unspecified atom stereocenters. The van der Waals surface area contributed by atoms with Gasteiger partial charge < -0.3 is 25.2 Å². The minimum absolute atomic E-state index is 0.103. The highest BCUT2D eigenvalue weighted by molar-refractivity contribution is 5.73. The van der Waals surface area contributed by atoms with Gasteiger partial charge in [0.2, 0.25) is 17.3 Å². The Morgan fingerprint density at radius 2 is 1.85 bits per heavy atom. The monoisotopic (exact) mass is 359 g/mol. The zero-order valence-electron chi connectivity index (χ0n) is 13.1. The Morgan fingerprint density at radius 3 is 2.65 bits per heavy atom. The van der Waals surface area contributed by atoms with Gasteiger partial charge in [-0.05, 0) is 22.6 Å². The van der Waals surface area contributed by atoms with E-state index in [0.29, 0.717) is 5.52 Å². The van der Waals surface area contributed by atoms with E-state index in [1.807, 2.05) is 18.2 Å². The summed E-state index contributed by atoms with van der Waals surface area (Å²) in [5.41, 5.74) is 1.44. The van der Waals surface area contributed by atoms with Crippen molar-refractivity contribution in [3.8, 4) is 0 Å². The highest BCUT2D eigenvalue weighted by atomic mass is 16.5. The number of ether oxygens (including phenoxy) is 1. The number of rotatable bonds is 4. The molecule has 3 aromatic rings. The van der Waals surface area contributed by atoms with E-state index in [1.54, 1.807) is 10.7 Å². The van der Waals surface area contributed by atoms with Gasteiger partial charge in [0, 0.05) is 0 Å². The van der Waals surface area contributed by atoms with Crippen molar-refractivity contribution in [2.45, 2.75) is 12.8 Å². The molecule has 2 aromatic heterocycles. The maximum absolute atomic E-state index is 10.1. The van der Waals surface area contributed by atoms with Crippen LogP contribution in [0.2, 0.25) is 0 Å². The van der Waals surface area contributed by atoms with E-state index >= 15 is 0 Å². The van der Waals surface area contributed by atoms with Gasteiger partial charge in [-0.25, -0.2) is 4.68 Å². The van der Waals surface area contributed by atoms with Crippen molar-refractivity contribution in [3.05, 3.63) is 53.1 Å². The number of hydrogen-bond donors (Lipinski definition) is 4. The van der Waals surface area contributed by atoms with Crippen LogP contribution in [0.1, 0.15) is 12.1 Å². The largest absolute Gasteiger partial charge is 0.504 e. The van der Waals surface area contributed by atoms with E-state index in [0.717, 1.165) is 10.2 Å². The van der Waals surface area contributed by atoms with Gasteiger partial charge in [0.1, 0.15) is 18.7 Å². The molecule has 0 bridgehead atoms. The second-order valence-electron chi connectivity index (χ2n) is 5.41. The first-order chi connectivity index (χ1) is 12.6. The summed E-state index contributed by atoms with van der Waals surface area (Å²) in [5.74, 6) is -2.35. The van der Waals surface area contributed by atoms with Crippen molar-refractivity contribution in [2.75, 3.05) is 6.61 Å². The summed E-state index contributed by atoms with van der Waals surface area (Å²) in [6.45, 7) is -0.587. The number of aliphatic hydroxyl groups is 4. The first-order valence-electron chi connectivity index (χ1n) is 7.47. The van der Waals surface area contributed by atoms with E-state index in [1.165, 1.54) is 0 Å². The fraction of sp³-hybridized carbons (Fsp3) is 0.214. The molecule has 1 aromatic carbocycles. The zero-order chi connectivity index (χ0) is 18.3. The third kappa shape index (κ3) is 2.39. The average molecular weight is 359 g/mol. The van der Waals surface area contributed by atoms with E-state index in [2.05, 4.69) is 25.8 Å². The van der Waals surface area contributed by atoms with Crippen LogP contribution in [0.3, 0.4) is 0 Å². The van der Waals surface area contributed by atoms with Gasteiger partial charge in [0.05, 0.1) is 5.52 Å². The first-order valence-corrected chi connectivity index (χ1v) is 7.47. The predicted octanol–water partition coefficient (Wildman–Crippen LogP) is 0.0844. The lowest BCUT2D eigenvalue weighted by atomic mass is 10.2. The lowest BCUT2D eigenvalue weighted by Crippen LogP contribution is -2.26. The van der Waals surface area contributed by atoms with Crippen LogP contribution < -0.4 is 0 Å². The molecule has 3 heterocycles. The molecule has 1 aliphatic rings. The van der Waals surface area contributed by atoms with Gasteiger partial charge in [-0.3, -0.25) is 0 Å². The average Bonchev–Trinajstić information content (AvgIpc) is 3.28. The summed E-state index contributed by atoms with van der Waals surface area (Å²) < 4.78 is 7.97. The SMILES string of the molecule is OCC1=C(O)C(O)=C(O)C(n2nnnc2Cn2nnc3ccccc32)O1. The molecule has 1 atom stereocenters. The van der Waals surface area contributed by atoms with Crippen LogP contribution in [-0.2, 0) is 11.3 Å². The summed E-state index contributed by atoms with van der Waals surface area (Å²) in [7, 11) is 0. The van der Waals surface area contributed by atoms with Gasteiger partial charge in [-0.1, -0.05) is 17.3 Å². The van der Waals surface area contributed by atoms with Crippen molar-refractivity contribution in [2.24, 2.45) is 0 Å². The molecule has 26 heavy (non-hydrogen) atoms. The minimum Gasteiger partial charge on any atom is -0.504 e. The molecule has 0 amide bonds. The van der Waals surface area contributed by atoms with Gasteiger partial charge in [-0.2, -0.15) is 4.68 Å². The molecule has 0 saturated carbocycles. The van der Waals surface area contributed by atoms with Crippen LogP contribution in [0.25, 0.3) is 11.0 Å². The van der Waals surface area contributed by atoms with E-state index in [4.69, 9.17) is 4.74 Å². The van der Waals surface area contributed by atoms with E-state index < -0.39 is 30.1 Å². The number of tetrazole rings is 1. The second-order valence-corrected chi connectivity index (χ2v) is 5.41. The summed E-state index contributed by atoms with van der Waals surface area (Å²) in [5, 5.41) is 58.1. The molecule has 0 aliphatic carbocycles. The smallest absolute Gasteiger partial charge is 0.255 e. The Bertz CT molecular complexity index is 1040. The zero-order valence-corrected chi connectivity index (χ0v) is 13.1. The number of para-hydroxylation sites is 1. The number of nitrogens with zero attached hydrogens (tertiary/aromatic N) is 7. The van der Waals surface area contributed by atoms with Crippen LogP contribution in [0.15, 0.2) is 47.3 Å². The number of aromatic nitrogens is 7. The first kappa shape index (κ1) is 15.8. The normalized spacial score (nSPS) is 17.8. The predicted molar refractivity (Wildman–Crippen MR) is 83.6 cm³/mol. The Kier molecular flexibility index (Phi) is 3.65. The maximum atomic E-state index is 10.1. The van der Waals surface area contributed by atoms with Crippen molar-refractivity contribution < 1.29 is 25.2 Å². The molecular weight excluding hydrogens is 346 g/mol. The summed E-state index contributed by atoms with van der Waals surface area (Å²) >= 11 is 0. The quantitative estimate of drug-likeness (QED) is 0.501. The Labute approximate surface area is 144 Å². The van der Waals surface area contributed by atoms with Gasteiger partial charge in [-0.15, -0.1) is 10.2 Å². The van der Waals surface area contributed by atoms with Crippen LogP contribution in [-0.4, -0.2) is 62.2 Å². The Hall–Kier alpha value is -3.67. The molecule has 12 heteroatoms. The molecule has 0 radical (unpaired) electrons. The molecule has 4 rings (SSSR count). The summed E-state index contributed by atoms with van der Waals surface area (Å²) in [6.07, 6.45) is -1.35. The third-order valence-corrected chi connectivity index (χ3v) is 3.86. The van der Waals surface area contributed by atoms with E-state index in [9.17, 15) is 20.4 Å². The lowest BCUT2D eigenvalue weighted by Gasteiger charge is -2.25. The summed E-state index contributed by atoms with van der Waals surface area (Å²) in [6, 6.07) is 7.30. The molecule has 0 fully saturated rings. The standard InChI is InChI=1S/C14H13N7O5/c22-6-9-11(23)12(24)13(25)14(26-9)21-10(16-17-19-21)5-20-8-4-2-1-3-7(8)15-18-20/h1-4,14,22-25H,5-6H2. The van der Waals surface area contributed by atoms with Crippen molar-refractivity contribution in [3.63, 3.8) is 0 Å². The Morgan fingerprint density at radius 1 is 1.04 bits per heavy atom. The lowest BCUT2D eigenvalue weighted by molar-refractivity contribution is -0.00348. The van der Waals surface area contributed by atoms with Crippen LogP contribution >= 0.6 is 0 Å². The van der Waals surface area contributed by atoms with E-state index in [-0.39, 0.29) is 18.1 Å². The van der Waals surface area contributed by atoms with Crippen molar-refractivity contribution >= 4 is 11.0 Å². The highest BCUT2D eigenvalue weighted by Gasteiger charge is 2.34. The van der Waals surface area contributed by atoms with Crippen molar-refractivity contribution in [1.29, 1.82) is 0 Å². The Balaban J connectivity index is 1.70. The highest BCUT2D eigenvalue weighted by Crippen LogP contribution is 2.31. The minimum atomic E-state index is -1.35. The topological polar surface area (TPSA) is 164 Å². The molecule has 0 saturated heterocycles. The fourth-order valence-electron chi connectivity index (χ4n) is 2.56. The van der Waals surface area contributed by atoms with Crippen LogP contribution in [0.4, 0.5) is 0 Å². The maximum Gasteiger partial charge on any atom is 0.255 e. The van der Waals surface area contributed by atoms with Crippen LogP contribution in [0.5, 0.6) is 0 Å². The number of fused-ring (bicyclic) bond motifs is 1. The molecule has 1 aliphatic heterocycles. The molecule has 4 N–H and O–H groups in total. The number of aliphatic hydroxyl groups excluding tert-OH is 4. The molecule has 0 spiro atoms. The molecule has 12 nitrogen and oxygen atoms in total. The number of hydrogen-bond acceptors (Lipinski definition) is 10. The van der Waals surface area contributed by atoms with Gasteiger partial charge in [0.25, 0.3) is 6.23 Å². The van der Waals surface area contributed by atoms with Gasteiger partial charge >= 0.3 is 0 Å². The molecular formula is C14H13N7O5. The molecule has 134 valence electrons. The van der Waals surface area contributed by atoms with Crippen LogP contribution in [0, 0.1) is 0 Å². The fourth-order valence-corrected chi connectivity index (χ4v) is 2.56. The third-order valence-electron chi connectivity index (χ3n) is 3.86. The van der Waals surface area contributed by atoms with Gasteiger partial charge in [0.15, 0.2) is 11.6 Å².